The quantitative estimate of drug-likeness (QED) is 0.885. The molecule has 3 nitrogen and oxygen atoms in total. The third-order valence-electron chi connectivity index (χ3n) is 2.55. The fraction of sp³-hybridized carbons (Fsp3) is 0.500. The summed E-state index contributed by atoms with van der Waals surface area (Å²) >= 11 is 6.09. The van der Waals surface area contributed by atoms with Gasteiger partial charge in [-0.15, -0.1) is 0 Å². The molecule has 0 aromatic heterocycles. The third kappa shape index (κ3) is 2.25. The van der Waals surface area contributed by atoms with Crippen LogP contribution in [-0.4, -0.2) is 11.9 Å². The van der Waals surface area contributed by atoms with Crippen LogP contribution in [0.15, 0.2) is 12.1 Å². The Morgan fingerprint density at radius 2 is 1.94 bits per heavy atom. The lowest BCUT2D eigenvalue weighted by molar-refractivity contribution is 0.150. The highest BCUT2D eigenvalue weighted by Gasteiger charge is 2.20. The Labute approximate surface area is 99.9 Å². The fourth-order valence-corrected chi connectivity index (χ4v) is 2.04. The first kappa shape index (κ1) is 11.6. The number of aliphatic hydroxyl groups excluding tert-OH is 1. The number of aliphatic hydroxyl groups is 1. The number of ether oxygens (including phenoxy) is 2. The Balaban J connectivity index is 2.27. The molecule has 1 atom stereocenters. The first-order chi connectivity index (χ1) is 7.58. The average molecular weight is 243 g/mol. The minimum absolute atomic E-state index is 0.218. The van der Waals surface area contributed by atoms with E-state index >= 15 is 0 Å². The van der Waals surface area contributed by atoms with E-state index in [0.29, 0.717) is 34.4 Å². The maximum atomic E-state index is 10.0. The van der Waals surface area contributed by atoms with Crippen LogP contribution in [-0.2, 0) is 0 Å². The van der Waals surface area contributed by atoms with Crippen molar-refractivity contribution in [3.63, 3.8) is 0 Å². The normalized spacial score (nSPS) is 15.6. The summed E-state index contributed by atoms with van der Waals surface area (Å²) in [4.78, 5) is 0. The van der Waals surface area contributed by atoms with Gasteiger partial charge in [-0.1, -0.05) is 25.4 Å². The van der Waals surface area contributed by atoms with Crippen LogP contribution in [0.1, 0.15) is 31.9 Å². The van der Waals surface area contributed by atoms with Gasteiger partial charge in [0, 0.05) is 11.6 Å². The molecule has 0 amide bonds. The van der Waals surface area contributed by atoms with Gasteiger partial charge < -0.3 is 14.6 Å². The lowest BCUT2D eigenvalue weighted by atomic mass is 9.99. The molecule has 0 spiro atoms. The van der Waals surface area contributed by atoms with Gasteiger partial charge in [0.2, 0.25) is 6.79 Å². The van der Waals surface area contributed by atoms with Crippen molar-refractivity contribution >= 4 is 11.6 Å². The molecule has 1 unspecified atom stereocenters. The number of rotatable bonds is 3. The molecule has 1 N–H and O–H groups in total. The highest BCUT2D eigenvalue weighted by molar-refractivity contribution is 6.31. The molecule has 1 aliphatic rings. The van der Waals surface area contributed by atoms with Gasteiger partial charge in [0.15, 0.2) is 11.5 Å². The highest BCUT2D eigenvalue weighted by atomic mass is 35.5. The van der Waals surface area contributed by atoms with E-state index in [0.717, 1.165) is 0 Å². The zero-order valence-electron chi connectivity index (χ0n) is 9.37. The summed E-state index contributed by atoms with van der Waals surface area (Å²) in [6.45, 7) is 4.34. The van der Waals surface area contributed by atoms with E-state index in [2.05, 4.69) is 13.8 Å². The second-order valence-corrected chi connectivity index (χ2v) is 4.78. The maximum absolute atomic E-state index is 10.0. The van der Waals surface area contributed by atoms with Gasteiger partial charge in [-0.2, -0.15) is 0 Å². The van der Waals surface area contributed by atoms with Gasteiger partial charge in [-0.3, -0.25) is 0 Å². The van der Waals surface area contributed by atoms with Crippen LogP contribution >= 0.6 is 11.6 Å². The summed E-state index contributed by atoms with van der Waals surface area (Å²) in [6.07, 6.45) is 0.126. The minimum atomic E-state index is -0.554. The van der Waals surface area contributed by atoms with Crippen molar-refractivity contribution in [1.29, 1.82) is 0 Å². The summed E-state index contributed by atoms with van der Waals surface area (Å²) in [7, 11) is 0. The van der Waals surface area contributed by atoms with Crippen molar-refractivity contribution in [3.8, 4) is 11.5 Å². The first-order valence-corrected chi connectivity index (χ1v) is 5.73. The number of hydrogen-bond acceptors (Lipinski definition) is 3. The van der Waals surface area contributed by atoms with Gasteiger partial charge in [0.05, 0.1) is 11.1 Å². The van der Waals surface area contributed by atoms with E-state index in [-0.39, 0.29) is 6.79 Å². The van der Waals surface area contributed by atoms with E-state index in [9.17, 15) is 5.11 Å². The van der Waals surface area contributed by atoms with Crippen LogP contribution in [0.4, 0.5) is 0 Å². The molecule has 0 bridgehead atoms. The van der Waals surface area contributed by atoms with Crippen molar-refractivity contribution < 1.29 is 14.6 Å². The number of halogens is 1. The molecule has 16 heavy (non-hydrogen) atoms. The van der Waals surface area contributed by atoms with Crippen LogP contribution in [0.5, 0.6) is 11.5 Å². The second-order valence-electron chi connectivity index (χ2n) is 4.37. The Bertz CT molecular complexity index is 390. The van der Waals surface area contributed by atoms with Crippen molar-refractivity contribution in [3.05, 3.63) is 22.7 Å². The number of fused-ring (bicyclic) bond motifs is 1. The van der Waals surface area contributed by atoms with Gasteiger partial charge >= 0.3 is 0 Å². The molecular formula is C12H15ClO3. The molecule has 1 aliphatic heterocycles. The molecule has 1 heterocycles. The van der Waals surface area contributed by atoms with E-state index in [1.807, 2.05) is 0 Å². The standard InChI is InChI=1S/C12H15ClO3/c1-7(2)3-10(14)8-4-11-12(5-9(8)13)16-6-15-11/h4-5,7,10,14H,3,6H2,1-2H3. The molecule has 88 valence electrons. The molecule has 0 saturated carbocycles. The molecule has 4 heteroatoms. The molecule has 1 aromatic carbocycles. The average Bonchev–Trinajstić information content (AvgIpc) is 2.61. The number of hydrogen-bond donors (Lipinski definition) is 1. The maximum Gasteiger partial charge on any atom is 0.231 e. The largest absolute Gasteiger partial charge is 0.454 e. The van der Waals surface area contributed by atoms with E-state index in [1.165, 1.54) is 0 Å². The Morgan fingerprint density at radius 1 is 1.31 bits per heavy atom. The summed E-state index contributed by atoms with van der Waals surface area (Å²) < 4.78 is 10.5. The fourth-order valence-electron chi connectivity index (χ4n) is 1.76. The topological polar surface area (TPSA) is 38.7 Å². The molecule has 1 aromatic rings. The second kappa shape index (κ2) is 4.52. The van der Waals surface area contributed by atoms with Crippen LogP contribution < -0.4 is 9.47 Å². The van der Waals surface area contributed by atoms with Crippen molar-refractivity contribution in [2.75, 3.05) is 6.79 Å². The Hall–Kier alpha value is -0.930. The Morgan fingerprint density at radius 3 is 2.56 bits per heavy atom. The van der Waals surface area contributed by atoms with Crippen LogP contribution in [0.2, 0.25) is 5.02 Å². The third-order valence-corrected chi connectivity index (χ3v) is 2.87. The summed E-state index contributed by atoms with van der Waals surface area (Å²) in [6, 6.07) is 3.46. The SMILES string of the molecule is CC(C)CC(O)c1cc2c(cc1Cl)OCO2. The van der Waals surface area contributed by atoms with Crippen LogP contribution in [0.3, 0.4) is 0 Å². The Kier molecular flexibility index (Phi) is 3.26. The van der Waals surface area contributed by atoms with Gasteiger partial charge in [0.1, 0.15) is 0 Å². The number of benzene rings is 1. The lowest BCUT2D eigenvalue weighted by Gasteiger charge is -2.15. The highest BCUT2D eigenvalue weighted by Crippen LogP contribution is 2.39. The predicted molar refractivity (Wildman–Crippen MR) is 62.0 cm³/mol. The zero-order valence-corrected chi connectivity index (χ0v) is 10.1. The van der Waals surface area contributed by atoms with Crippen LogP contribution in [0.25, 0.3) is 0 Å². The van der Waals surface area contributed by atoms with E-state index < -0.39 is 6.10 Å². The summed E-state index contributed by atoms with van der Waals surface area (Å²) in [5, 5.41) is 10.5. The predicted octanol–water partition coefficient (Wildman–Crippen LogP) is 3.15. The van der Waals surface area contributed by atoms with Gasteiger partial charge in [0.25, 0.3) is 0 Å². The van der Waals surface area contributed by atoms with Crippen molar-refractivity contribution in [2.45, 2.75) is 26.4 Å². The zero-order chi connectivity index (χ0) is 11.7. The smallest absolute Gasteiger partial charge is 0.231 e. The molecule has 2 rings (SSSR count). The van der Waals surface area contributed by atoms with Crippen molar-refractivity contribution in [1.82, 2.24) is 0 Å². The van der Waals surface area contributed by atoms with E-state index in [4.69, 9.17) is 21.1 Å². The molecular weight excluding hydrogens is 228 g/mol. The minimum Gasteiger partial charge on any atom is -0.454 e. The molecule has 0 saturated heterocycles. The van der Waals surface area contributed by atoms with E-state index in [1.54, 1.807) is 12.1 Å². The monoisotopic (exact) mass is 242 g/mol. The molecule has 0 fully saturated rings. The molecule has 0 radical (unpaired) electrons. The summed E-state index contributed by atoms with van der Waals surface area (Å²) in [5.74, 6) is 1.71. The lowest BCUT2D eigenvalue weighted by Crippen LogP contribution is -2.02. The summed E-state index contributed by atoms with van der Waals surface area (Å²) in [5.41, 5.74) is 0.708. The van der Waals surface area contributed by atoms with Gasteiger partial charge in [-0.25, -0.2) is 0 Å². The van der Waals surface area contributed by atoms with Gasteiger partial charge in [-0.05, 0) is 18.4 Å². The first-order valence-electron chi connectivity index (χ1n) is 5.35. The van der Waals surface area contributed by atoms with Crippen LogP contribution in [0, 0.1) is 5.92 Å². The van der Waals surface area contributed by atoms with Crippen molar-refractivity contribution in [2.24, 2.45) is 5.92 Å². The molecule has 0 aliphatic carbocycles.